The Kier molecular flexibility index (Phi) is 4.44. The van der Waals surface area contributed by atoms with Gasteiger partial charge in [-0.15, -0.1) is 22.9 Å². The van der Waals surface area contributed by atoms with Gasteiger partial charge in [0.15, 0.2) is 0 Å². The van der Waals surface area contributed by atoms with E-state index in [0.717, 1.165) is 4.47 Å². The first kappa shape index (κ1) is 15.1. The van der Waals surface area contributed by atoms with Crippen LogP contribution in [0.3, 0.4) is 0 Å². The van der Waals surface area contributed by atoms with Crippen molar-refractivity contribution in [2.45, 2.75) is 38.5 Å². The van der Waals surface area contributed by atoms with Crippen LogP contribution in [0.4, 0.5) is 0 Å². The Morgan fingerprint density at radius 2 is 1.84 bits per heavy atom. The summed E-state index contributed by atoms with van der Waals surface area (Å²) in [6.07, 6.45) is 0. The van der Waals surface area contributed by atoms with Crippen molar-refractivity contribution in [1.82, 2.24) is 0 Å². The molecule has 2 aromatic rings. The third-order valence-corrected chi connectivity index (χ3v) is 5.79. The summed E-state index contributed by atoms with van der Waals surface area (Å²) in [5.74, 6) is 0. The number of aryl methyl sites for hydroxylation is 1. The summed E-state index contributed by atoms with van der Waals surface area (Å²) in [5.41, 5.74) is 2.60. The highest BCUT2D eigenvalue weighted by molar-refractivity contribution is 9.10. The first-order valence-electron chi connectivity index (χ1n) is 6.29. The van der Waals surface area contributed by atoms with E-state index in [4.69, 9.17) is 11.6 Å². The molecule has 0 saturated heterocycles. The maximum atomic E-state index is 6.65. The SMILES string of the molecule is Cc1cc(Br)ccc1C(Cl)c1ccc(C(C)(C)C)s1. The molecule has 1 aromatic heterocycles. The lowest BCUT2D eigenvalue weighted by Crippen LogP contribution is -2.07. The van der Waals surface area contributed by atoms with Crippen molar-refractivity contribution < 1.29 is 0 Å². The van der Waals surface area contributed by atoms with Crippen LogP contribution in [0.5, 0.6) is 0 Å². The molecule has 102 valence electrons. The van der Waals surface area contributed by atoms with Gasteiger partial charge in [0.1, 0.15) is 0 Å². The molecule has 0 aliphatic heterocycles. The molecule has 19 heavy (non-hydrogen) atoms. The predicted octanol–water partition coefficient (Wildman–Crippen LogP) is 6.44. The molecule has 0 fully saturated rings. The van der Waals surface area contributed by atoms with Gasteiger partial charge in [0.05, 0.1) is 5.38 Å². The Morgan fingerprint density at radius 3 is 2.37 bits per heavy atom. The smallest absolute Gasteiger partial charge is 0.0930 e. The monoisotopic (exact) mass is 356 g/mol. The standard InChI is InChI=1S/C16H18BrClS/c1-10-9-11(17)5-6-12(10)15(18)13-7-8-14(19-13)16(2,3)4/h5-9,15H,1-4H3. The van der Waals surface area contributed by atoms with Crippen molar-refractivity contribution >= 4 is 38.9 Å². The summed E-state index contributed by atoms with van der Waals surface area (Å²) < 4.78 is 1.10. The van der Waals surface area contributed by atoms with Gasteiger partial charge < -0.3 is 0 Å². The van der Waals surface area contributed by atoms with E-state index in [1.54, 1.807) is 0 Å². The number of thiophene rings is 1. The molecule has 0 bridgehead atoms. The van der Waals surface area contributed by atoms with Gasteiger partial charge in [-0.2, -0.15) is 0 Å². The average Bonchev–Trinajstić information content (AvgIpc) is 2.76. The number of hydrogen-bond acceptors (Lipinski definition) is 1. The van der Waals surface area contributed by atoms with Crippen LogP contribution in [0, 0.1) is 6.92 Å². The van der Waals surface area contributed by atoms with Crippen LogP contribution in [0.15, 0.2) is 34.8 Å². The van der Waals surface area contributed by atoms with Crippen molar-refractivity contribution in [3.8, 4) is 0 Å². The fourth-order valence-electron chi connectivity index (χ4n) is 1.97. The summed E-state index contributed by atoms with van der Waals surface area (Å²) >= 11 is 12.0. The van der Waals surface area contributed by atoms with Crippen LogP contribution >= 0.6 is 38.9 Å². The summed E-state index contributed by atoms with van der Waals surface area (Å²) in [4.78, 5) is 2.60. The third-order valence-electron chi connectivity index (χ3n) is 3.12. The number of hydrogen-bond donors (Lipinski definition) is 0. The molecule has 0 nitrogen and oxygen atoms in total. The van der Waals surface area contributed by atoms with Crippen LogP contribution in [0.25, 0.3) is 0 Å². The summed E-state index contributed by atoms with van der Waals surface area (Å²) in [7, 11) is 0. The fourth-order valence-corrected chi connectivity index (χ4v) is 3.96. The van der Waals surface area contributed by atoms with Gasteiger partial charge in [-0.05, 0) is 47.7 Å². The topological polar surface area (TPSA) is 0 Å². The van der Waals surface area contributed by atoms with Crippen molar-refractivity contribution in [1.29, 1.82) is 0 Å². The second-order valence-corrected chi connectivity index (χ2v) is 8.28. The molecule has 0 aliphatic rings. The van der Waals surface area contributed by atoms with E-state index in [1.165, 1.54) is 20.9 Å². The molecular weight excluding hydrogens is 340 g/mol. The van der Waals surface area contributed by atoms with Crippen molar-refractivity contribution in [3.63, 3.8) is 0 Å². The zero-order chi connectivity index (χ0) is 14.2. The van der Waals surface area contributed by atoms with Crippen LogP contribution in [-0.2, 0) is 5.41 Å². The van der Waals surface area contributed by atoms with Gasteiger partial charge in [-0.1, -0.05) is 42.8 Å². The van der Waals surface area contributed by atoms with E-state index in [0.29, 0.717) is 0 Å². The molecular formula is C16H18BrClS. The lowest BCUT2D eigenvalue weighted by molar-refractivity contribution is 0.604. The highest BCUT2D eigenvalue weighted by Gasteiger charge is 2.20. The highest BCUT2D eigenvalue weighted by Crippen LogP contribution is 2.39. The molecule has 0 spiro atoms. The molecule has 0 aliphatic carbocycles. The van der Waals surface area contributed by atoms with E-state index in [1.807, 2.05) is 11.3 Å². The lowest BCUT2D eigenvalue weighted by atomic mass is 9.95. The molecule has 1 unspecified atom stereocenters. The summed E-state index contributed by atoms with van der Waals surface area (Å²) in [6.45, 7) is 8.80. The van der Waals surface area contributed by atoms with E-state index in [2.05, 4.69) is 74.0 Å². The van der Waals surface area contributed by atoms with Crippen molar-refractivity contribution in [2.75, 3.05) is 0 Å². The van der Waals surface area contributed by atoms with E-state index in [-0.39, 0.29) is 10.8 Å². The Balaban J connectivity index is 2.34. The second-order valence-electron chi connectivity index (χ2n) is 5.82. The summed E-state index contributed by atoms with van der Waals surface area (Å²) in [6, 6.07) is 10.6. The van der Waals surface area contributed by atoms with Crippen LogP contribution in [-0.4, -0.2) is 0 Å². The molecule has 3 heteroatoms. The quantitative estimate of drug-likeness (QED) is 0.542. The first-order chi connectivity index (χ1) is 8.79. The van der Waals surface area contributed by atoms with Gasteiger partial charge in [0.25, 0.3) is 0 Å². The third kappa shape index (κ3) is 3.42. The minimum absolute atomic E-state index is 0.0609. The van der Waals surface area contributed by atoms with Crippen LogP contribution < -0.4 is 0 Å². The van der Waals surface area contributed by atoms with Gasteiger partial charge >= 0.3 is 0 Å². The van der Waals surface area contributed by atoms with Gasteiger partial charge in [-0.3, -0.25) is 0 Å². The normalized spacial score (nSPS) is 13.6. The molecule has 2 rings (SSSR count). The lowest BCUT2D eigenvalue weighted by Gasteiger charge is -2.16. The Hall–Kier alpha value is -0.310. The van der Waals surface area contributed by atoms with E-state index >= 15 is 0 Å². The first-order valence-corrected chi connectivity index (χ1v) is 8.34. The molecule has 0 saturated carbocycles. The zero-order valence-electron chi connectivity index (χ0n) is 11.6. The van der Waals surface area contributed by atoms with Crippen molar-refractivity contribution in [3.05, 3.63) is 55.7 Å². The maximum absolute atomic E-state index is 6.65. The van der Waals surface area contributed by atoms with Crippen LogP contribution in [0.1, 0.15) is 47.0 Å². The molecule has 1 heterocycles. The highest BCUT2D eigenvalue weighted by atomic mass is 79.9. The Bertz CT molecular complexity index is 581. The second kappa shape index (κ2) is 5.59. The van der Waals surface area contributed by atoms with E-state index < -0.39 is 0 Å². The molecule has 1 atom stereocenters. The Morgan fingerprint density at radius 1 is 1.16 bits per heavy atom. The summed E-state index contributed by atoms with van der Waals surface area (Å²) in [5, 5.41) is -0.0609. The molecule has 0 N–H and O–H groups in total. The van der Waals surface area contributed by atoms with Crippen molar-refractivity contribution in [2.24, 2.45) is 0 Å². The number of rotatable bonds is 2. The molecule has 0 radical (unpaired) electrons. The molecule has 1 aromatic carbocycles. The average molecular weight is 358 g/mol. The maximum Gasteiger partial charge on any atom is 0.0930 e. The van der Waals surface area contributed by atoms with Crippen LogP contribution in [0.2, 0.25) is 0 Å². The van der Waals surface area contributed by atoms with Gasteiger partial charge in [-0.25, -0.2) is 0 Å². The number of alkyl halides is 1. The number of benzene rings is 1. The minimum Gasteiger partial charge on any atom is -0.143 e. The van der Waals surface area contributed by atoms with Gasteiger partial charge in [0.2, 0.25) is 0 Å². The van der Waals surface area contributed by atoms with E-state index in [9.17, 15) is 0 Å². The number of halogens is 2. The fraction of sp³-hybridized carbons (Fsp3) is 0.375. The zero-order valence-corrected chi connectivity index (χ0v) is 14.8. The van der Waals surface area contributed by atoms with Gasteiger partial charge in [0, 0.05) is 14.2 Å². The largest absolute Gasteiger partial charge is 0.143 e. The predicted molar refractivity (Wildman–Crippen MR) is 89.6 cm³/mol. The Labute approximate surface area is 132 Å². The minimum atomic E-state index is -0.0609. The molecule has 0 amide bonds.